The number of nitrogens with one attached hydrogen (secondary N) is 1. The number of anilines is 1. The number of amides is 1. The molecule has 1 aromatic carbocycles. The van der Waals surface area contributed by atoms with E-state index in [9.17, 15) is 4.79 Å². The zero-order valence-electron chi connectivity index (χ0n) is 8.71. The number of nitrogens with zero attached hydrogens (tertiary/aromatic N) is 2. The molecule has 16 heavy (non-hydrogen) atoms. The van der Waals surface area contributed by atoms with Crippen LogP contribution in [0.2, 0.25) is 0 Å². The third kappa shape index (κ3) is 1.88. The summed E-state index contributed by atoms with van der Waals surface area (Å²) in [6, 6.07) is 7.15. The van der Waals surface area contributed by atoms with E-state index in [-0.39, 0.29) is 0 Å². The fraction of sp³-hybridized carbons (Fsp3) is 0.0909. The lowest BCUT2D eigenvalue weighted by Gasteiger charge is -2.08. The molecule has 0 aliphatic carbocycles. The highest BCUT2D eigenvalue weighted by Crippen LogP contribution is 2.25. The number of hydrogen-bond acceptors (Lipinski definition) is 2. The molecule has 5 nitrogen and oxygen atoms in total. The monoisotopic (exact) mass is 217 g/mol. The summed E-state index contributed by atoms with van der Waals surface area (Å²) in [5.41, 5.74) is 1.29. The molecular weight excluding hydrogens is 206 g/mol. The lowest BCUT2D eigenvalue weighted by atomic mass is 10.1. The summed E-state index contributed by atoms with van der Waals surface area (Å²) in [4.78, 5) is 14.8. The van der Waals surface area contributed by atoms with Gasteiger partial charge in [-0.05, 0) is 12.1 Å². The van der Waals surface area contributed by atoms with Crippen LogP contribution in [0.5, 0.6) is 0 Å². The van der Waals surface area contributed by atoms with Crippen molar-refractivity contribution < 1.29 is 9.90 Å². The predicted octanol–water partition coefficient (Wildman–Crippen LogP) is 2.18. The summed E-state index contributed by atoms with van der Waals surface area (Å²) < 4.78 is 1.84. The number of hydrogen-bond donors (Lipinski definition) is 2. The maximum absolute atomic E-state index is 10.6. The van der Waals surface area contributed by atoms with Crippen LogP contribution in [0.4, 0.5) is 10.5 Å². The van der Waals surface area contributed by atoms with Crippen molar-refractivity contribution in [2.75, 3.05) is 5.32 Å². The van der Waals surface area contributed by atoms with Crippen molar-refractivity contribution in [1.82, 2.24) is 9.55 Å². The Morgan fingerprint density at radius 1 is 1.44 bits per heavy atom. The second-order valence-corrected chi connectivity index (χ2v) is 3.34. The van der Waals surface area contributed by atoms with Gasteiger partial charge in [-0.2, -0.15) is 0 Å². The third-order valence-electron chi connectivity index (χ3n) is 2.23. The highest BCUT2D eigenvalue weighted by Gasteiger charge is 2.09. The standard InChI is InChI=1S/C11H11N3O2/c1-14-7-6-12-10(14)8-4-2-3-5-9(8)13-11(15)16/h2-7,13H,1H3,(H,15,16). The summed E-state index contributed by atoms with van der Waals surface area (Å²) in [5.74, 6) is 0.726. The van der Waals surface area contributed by atoms with Crippen molar-refractivity contribution in [3.05, 3.63) is 36.7 Å². The van der Waals surface area contributed by atoms with Crippen LogP contribution in [0.15, 0.2) is 36.7 Å². The number of aromatic nitrogens is 2. The molecule has 1 aromatic heterocycles. The van der Waals surface area contributed by atoms with E-state index in [0.29, 0.717) is 5.69 Å². The predicted molar refractivity (Wildman–Crippen MR) is 60.3 cm³/mol. The van der Waals surface area contributed by atoms with Crippen molar-refractivity contribution in [3.8, 4) is 11.4 Å². The summed E-state index contributed by atoms with van der Waals surface area (Å²) in [5, 5.41) is 11.1. The van der Waals surface area contributed by atoms with Gasteiger partial charge >= 0.3 is 6.09 Å². The molecule has 0 fully saturated rings. The highest BCUT2D eigenvalue weighted by molar-refractivity contribution is 5.89. The van der Waals surface area contributed by atoms with Gasteiger partial charge in [0.1, 0.15) is 5.82 Å². The Kier molecular flexibility index (Phi) is 2.59. The van der Waals surface area contributed by atoms with Crippen molar-refractivity contribution in [1.29, 1.82) is 0 Å². The van der Waals surface area contributed by atoms with E-state index in [1.54, 1.807) is 18.3 Å². The minimum Gasteiger partial charge on any atom is -0.465 e. The van der Waals surface area contributed by atoms with Gasteiger partial charge < -0.3 is 9.67 Å². The van der Waals surface area contributed by atoms with Crippen molar-refractivity contribution in [2.45, 2.75) is 0 Å². The lowest BCUT2D eigenvalue weighted by molar-refractivity contribution is 0.210. The normalized spacial score (nSPS) is 10.1. The molecule has 0 saturated carbocycles. The first-order valence-corrected chi connectivity index (χ1v) is 4.75. The van der Waals surface area contributed by atoms with Gasteiger partial charge in [-0.3, -0.25) is 5.32 Å². The van der Waals surface area contributed by atoms with Gasteiger partial charge in [-0.1, -0.05) is 12.1 Å². The maximum Gasteiger partial charge on any atom is 0.409 e. The fourth-order valence-electron chi connectivity index (χ4n) is 1.53. The van der Waals surface area contributed by atoms with E-state index in [0.717, 1.165) is 11.4 Å². The molecule has 0 aliphatic rings. The highest BCUT2D eigenvalue weighted by atomic mass is 16.4. The molecule has 2 aromatic rings. The average Bonchev–Trinajstić information content (AvgIpc) is 2.64. The van der Waals surface area contributed by atoms with E-state index >= 15 is 0 Å². The van der Waals surface area contributed by atoms with E-state index in [4.69, 9.17) is 5.11 Å². The van der Waals surface area contributed by atoms with Crippen LogP contribution < -0.4 is 5.32 Å². The molecule has 0 atom stereocenters. The van der Waals surface area contributed by atoms with Crippen LogP contribution in [-0.2, 0) is 7.05 Å². The first-order valence-electron chi connectivity index (χ1n) is 4.75. The van der Waals surface area contributed by atoms with Gasteiger partial charge in [-0.15, -0.1) is 0 Å². The number of carboxylic acid groups (broad SMARTS) is 1. The smallest absolute Gasteiger partial charge is 0.409 e. The van der Waals surface area contributed by atoms with Crippen molar-refractivity contribution >= 4 is 11.8 Å². The zero-order valence-corrected chi connectivity index (χ0v) is 8.71. The molecule has 2 N–H and O–H groups in total. The van der Waals surface area contributed by atoms with Crippen LogP contribution in [-0.4, -0.2) is 20.8 Å². The van der Waals surface area contributed by atoms with Crippen molar-refractivity contribution in [3.63, 3.8) is 0 Å². The second-order valence-electron chi connectivity index (χ2n) is 3.34. The Balaban J connectivity index is 2.48. The van der Waals surface area contributed by atoms with Crippen LogP contribution in [0, 0.1) is 0 Å². The van der Waals surface area contributed by atoms with Crippen LogP contribution in [0.3, 0.4) is 0 Å². The van der Waals surface area contributed by atoms with Crippen LogP contribution in [0.25, 0.3) is 11.4 Å². The minimum atomic E-state index is -1.08. The molecule has 1 amide bonds. The molecule has 0 saturated heterocycles. The minimum absolute atomic E-state index is 0.532. The Morgan fingerprint density at radius 3 is 2.81 bits per heavy atom. The van der Waals surface area contributed by atoms with E-state index < -0.39 is 6.09 Å². The Bertz CT molecular complexity index is 519. The largest absolute Gasteiger partial charge is 0.465 e. The molecule has 0 spiro atoms. The van der Waals surface area contributed by atoms with Crippen LogP contribution >= 0.6 is 0 Å². The number of para-hydroxylation sites is 1. The molecule has 5 heteroatoms. The third-order valence-corrected chi connectivity index (χ3v) is 2.23. The number of carbonyl (C=O) groups is 1. The Morgan fingerprint density at radius 2 is 2.19 bits per heavy atom. The summed E-state index contributed by atoms with van der Waals surface area (Å²) >= 11 is 0. The van der Waals surface area contributed by atoms with Gasteiger partial charge in [0.15, 0.2) is 0 Å². The molecule has 0 unspecified atom stereocenters. The maximum atomic E-state index is 10.6. The Hall–Kier alpha value is -2.30. The quantitative estimate of drug-likeness (QED) is 0.810. The fourth-order valence-corrected chi connectivity index (χ4v) is 1.53. The van der Waals surface area contributed by atoms with Gasteiger partial charge in [-0.25, -0.2) is 9.78 Å². The number of rotatable bonds is 2. The van der Waals surface area contributed by atoms with Gasteiger partial charge in [0, 0.05) is 25.0 Å². The summed E-state index contributed by atoms with van der Waals surface area (Å²) in [6.45, 7) is 0. The topological polar surface area (TPSA) is 67.2 Å². The van der Waals surface area contributed by atoms with Gasteiger partial charge in [0.05, 0.1) is 5.69 Å². The zero-order chi connectivity index (χ0) is 11.5. The van der Waals surface area contributed by atoms with Crippen molar-refractivity contribution in [2.24, 2.45) is 7.05 Å². The molecule has 0 bridgehead atoms. The van der Waals surface area contributed by atoms with Gasteiger partial charge in [0.2, 0.25) is 0 Å². The summed E-state index contributed by atoms with van der Waals surface area (Å²) in [6.07, 6.45) is 2.40. The molecular formula is C11H11N3O2. The first kappa shape index (κ1) is 10.2. The van der Waals surface area contributed by atoms with Crippen LogP contribution in [0.1, 0.15) is 0 Å². The Labute approximate surface area is 92.4 Å². The average molecular weight is 217 g/mol. The molecule has 0 aliphatic heterocycles. The molecule has 1 heterocycles. The molecule has 0 radical (unpaired) electrons. The van der Waals surface area contributed by atoms with Gasteiger partial charge in [0.25, 0.3) is 0 Å². The molecule has 82 valence electrons. The number of imidazole rings is 1. The summed E-state index contributed by atoms with van der Waals surface area (Å²) in [7, 11) is 1.86. The first-order chi connectivity index (χ1) is 7.68. The van der Waals surface area contributed by atoms with E-state index in [2.05, 4.69) is 10.3 Å². The molecule has 2 rings (SSSR count). The number of benzene rings is 1. The second kappa shape index (κ2) is 4.06. The van der Waals surface area contributed by atoms with E-state index in [1.165, 1.54) is 0 Å². The number of aryl methyl sites for hydroxylation is 1. The van der Waals surface area contributed by atoms with E-state index in [1.807, 2.05) is 29.9 Å². The SMILES string of the molecule is Cn1ccnc1-c1ccccc1NC(=O)O. The lowest BCUT2D eigenvalue weighted by Crippen LogP contribution is -2.08.